The first kappa shape index (κ1) is 20.2. The van der Waals surface area contributed by atoms with Gasteiger partial charge in [-0.15, -0.1) is 0 Å². The van der Waals surface area contributed by atoms with Crippen molar-refractivity contribution in [3.05, 3.63) is 59.8 Å². The molecule has 0 atom stereocenters. The number of methoxy groups -OCH3 is 1. The van der Waals surface area contributed by atoms with E-state index in [1.807, 2.05) is 37.3 Å². The van der Waals surface area contributed by atoms with Gasteiger partial charge in [-0.25, -0.2) is 4.98 Å². The largest absolute Gasteiger partial charge is 0.497 e. The van der Waals surface area contributed by atoms with Gasteiger partial charge in [0.15, 0.2) is 0 Å². The highest BCUT2D eigenvalue weighted by Crippen LogP contribution is 2.25. The molecule has 1 aliphatic rings. The zero-order valence-electron chi connectivity index (χ0n) is 17.8. The Morgan fingerprint density at radius 1 is 1.07 bits per heavy atom. The Morgan fingerprint density at radius 3 is 2.57 bits per heavy atom. The van der Waals surface area contributed by atoms with Crippen LogP contribution in [0.2, 0.25) is 0 Å². The molecule has 156 valence electrons. The average molecular weight is 405 g/mol. The number of ether oxygens (including phenoxy) is 1. The highest BCUT2D eigenvalue weighted by Gasteiger charge is 2.17. The minimum absolute atomic E-state index is 0.208. The topological polar surface area (TPSA) is 57.7 Å². The van der Waals surface area contributed by atoms with Gasteiger partial charge in [0.25, 0.3) is 5.91 Å². The smallest absolute Gasteiger partial charge is 0.274 e. The van der Waals surface area contributed by atoms with Crippen LogP contribution in [0.5, 0.6) is 5.75 Å². The lowest BCUT2D eigenvalue weighted by Crippen LogP contribution is -2.46. The summed E-state index contributed by atoms with van der Waals surface area (Å²) >= 11 is 0. The van der Waals surface area contributed by atoms with Crippen molar-refractivity contribution < 1.29 is 9.53 Å². The molecule has 0 radical (unpaired) electrons. The molecule has 1 amide bonds. The fraction of sp³-hybridized carbons (Fsp3) is 0.333. The van der Waals surface area contributed by atoms with Gasteiger partial charge in [-0.2, -0.15) is 0 Å². The molecule has 0 bridgehead atoms. The number of piperazine rings is 1. The summed E-state index contributed by atoms with van der Waals surface area (Å²) < 4.78 is 5.24. The second kappa shape index (κ2) is 8.71. The molecule has 6 nitrogen and oxygen atoms in total. The van der Waals surface area contributed by atoms with Gasteiger partial charge >= 0.3 is 0 Å². The van der Waals surface area contributed by atoms with Gasteiger partial charge in [-0.05, 0) is 61.5 Å². The molecule has 1 aliphatic heterocycles. The van der Waals surface area contributed by atoms with Crippen LogP contribution in [-0.4, -0.2) is 55.6 Å². The van der Waals surface area contributed by atoms with Crippen molar-refractivity contribution in [3.8, 4) is 5.75 Å². The van der Waals surface area contributed by atoms with Crippen LogP contribution in [0.25, 0.3) is 10.9 Å². The number of likely N-dealkylation sites (N-methyl/N-ethyl adjacent to an activating group) is 1. The number of fused-ring (bicyclic) bond motifs is 1. The predicted octanol–water partition coefficient (Wildman–Crippen LogP) is 3.95. The molecule has 0 aliphatic carbocycles. The highest BCUT2D eigenvalue weighted by molar-refractivity contribution is 6.04. The van der Waals surface area contributed by atoms with Crippen LogP contribution in [0, 0.1) is 6.92 Å². The van der Waals surface area contributed by atoms with Gasteiger partial charge in [0, 0.05) is 42.9 Å². The lowest BCUT2D eigenvalue weighted by molar-refractivity contribution is 0.102. The standard InChI is InChI=1S/C24H28N4O2/c1-4-27-11-13-28(14-12-27)19-6-9-21(17(2)15-19)26-24(29)23-8-5-18-16-20(30-3)7-10-22(18)25-23/h5-10,15-16H,4,11-14H2,1-3H3,(H,26,29). The van der Waals surface area contributed by atoms with Crippen molar-refractivity contribution in [1.82, 2.24) is 9.88 Å². The van der Waals surface area contributed by atoms with Crippen LogP contribution in [-0.2, 0) is 0 Å². The third-order valence-electron chi connectivity index (χ3n) is 5.77. The highest BCUT2D eigenvalue weighted by atomic mass is 16.5. The van der Waals surface area contributed by atoms with Crippen molar-refractivity contribution in [3.63, 3.8) is 0 Å². The first-order valence-corrected chi connectivity index (χ1v) is 10.4. The Kier molecular flexibility index (Phi) is 5.86. The normalized spacial score (nSPS) is 14.7. The monoisotopic (exact) mass is 404 g/mol. The van der Waals surface area contributed by atoms with Gasteiger partial charge < -0.3 is 19.9 Å². The fourth-order valence-corrected chi connectivity index (χ4v) is 3.85. The summed E-state index contributed by atoms with van der Waals surface area (Å²) in [6.07, 6.45) is 0. The number of rotatable bonds is 5. The second-order valence-electron chi connectivity index (χ2n) is 7.63. The quantitative estimate of drug-likeness (QED) is 0.698. The molecule has 2 aromatic carbocycles. The molecular weight excluding hydrogens is 376 g/mol. The number of carbonyl (C=O) groups is 1. The number of pyridine rings is 1. The molecule has 2 heterocycles. The Morgan fingerprint density at radius 2 is 1.87 bits per heavy atom. The molecule has 1 saturated heterocycles. The molecule has 6 heteroatoms. The maximum absolute atomic E-state index is 12.8. The summed E-state index contributed by atoms with van der Waals surface area (Å²) in [5, 5.41) is 3.95. The molecule has 0 saturated carbocycles. The van der Waals surface area contributed by atoms with Gasteiger partial charge in [0.05, 0.1) is 12.6 Å². The Labute approximate surface area is 177 Å². The molecule has 0 unspecified atom stereocenters. The van der Waals surface area contributed by atoms with E-state index < -0.39 is 0 Å². The van der Waals surface area contributed by atoms with E-state index >= 15 is 0 Å². The lowest BCUT2D eigenvalue weighted by atomic mass is 10.1. The zero-order valence-corrected chi connectivity index (χ0v) is 17.8. The van der Waals surface area contributed by atoms with Gasteiger partial charge in [-0.1, -0.05) is 13.0 Å². The SMILES string of the molecule is CCN1CCN(c2ccc(NC(=O)c3ccc4cc(OC)ccc4n3)c(C)c2)CC1. The lowest BCUT2D eigenvalue weighted by Gasteiger charge is -2.35. The summed E-state index contributed by atoms with van der Waals surface area (Å²) in [5.74, 6) is 0.563. The first-order valence-electron chi connectivity index (χ1n) is 10.4. The molecule has 1 aromatic heterocycles. The van der Waals surface area contributed by atoms with E-state index in [0.717, 1.165) is 60.6 Å². The number of anilines is 2. The van der Waals surface area contributed by atoms with Gasteiger partial charge in [-0.3, -0.25) is 4.79 Å². The summed E-state index contributed by atoms with van der Waals surface area (Å²) in [5.41, 5.74) is 4.23. The summed E-state index contributed by atoms with van der Waals surface area (Å²) in [7, 11) is 1.63. The van der Waals surface area contributed by atoms with Crippen molar-refractivity contribution in [2.24, 2.45) is 0 Å². The minimum Gasteiger partial charge on any atom is -0.497 e. The third-order valence-corrected chi connectivity index (χ3v) is 5.77. The summed E-state index contributed by atoms with van der Waals surface area (Å²) in [4.78, 5) is 22.1. The fourth-order valence-electron chi connectivity index (χ4n) is 3.85. The van der Waals surface area contributed by atoms with Crippen molar-refractivity contribution in [2.75, 3.05) is 50.1 Å². The number of hydrogen-bond donors (Lipinski definition) is 1. The molecule has 30 heavy (non-hydrogen) atoms. The van der Waals surface area contributed by atoms with E-state index in [9.17, 15) is 4.79 Å². The number of carbonyl (C=O) groups excluding carboxylic acids is 1. The molecule has 3 aromatic rings. The number of benzene rings is 2. The molecular formula is C24H28N4O2. The molecule has 1 fully saturated rings. The third kappa shape index (κ3) is 4.24. The van der Waals surface area contributed by atoms with Crippen molar-refractivity contribution in [1.29, 1.82) is 0 Å². The number of nitrogens with zero attached hydrogens (tertiary/aromatic N) is 3. The summed E-state index contributed by atoms with van der Waals surface area (Å²) in [6.45, 7) is 9.59. The number of aromatic nitrogens is 1. The number of hydrogen-bond acceptors (Lipinski definition) is 5. The van der Waals surface area contributed by atoms with E-state index in [1.165, 1.54) is 5.69 Å². The molecule has 1 N–H and O–H groups in total. The number of nitrogens with one attached hydrogen (secondary N) is 1. The van der Waals surface area contributed by atoms with Crippen LogP contribution in [0.3, 0.4) is 0 Å². The van der Waals surface area contributed by atoms with Crippen LogP contribution < -0.4 is 15.0 Å². The zero-order chi connectivity index (χ0) is 21.1. The van der Waals surface area contributed by atoms with Crippen LogP contribution in [0.1, 0.15) is 23.0 Å². The first-order chi connectivity index (χ1) is 14.6. The van der Waals surface area contributed by atoms with E-state index in [-0.39, 0.29) is 5.91 Å². The Bertz CT molecular complexity index is 1060. The van der Waals surface area contributed by atoms with E-state index in [0.29, 0.717) is 5.69 Å². The van der Waals surface area contributed by atoms with Crippen LogP contribution in [0.4, 0.5) is 11.4 Å². The van der Waals surface area contributed by atoms with Gasteiger partial charge in [0.2, 0.25) is 0 Å². The van der Waals surface area contributed by atoms with Crippen molar-refractivity contribution in [2.45, 2.75) is 13.8 Å². The van der Waals surface area contributed by atoms with Crippen LogP contribution in [0.15, 0.2) is 48.5 Å². The molecule has 4 rings (SSSR count). The van der Waals surface area contributed by atoms with E-state index in [2.05, 4.69) is 39.2 Å². The Hall–Kier alpha value is -3.12. The van der Waals surface area contributed by atoms with Gasteiger partial charge in [0.1, 0.15) is 11.4 Å². The van der Waals surface area contributed by atoms with E-state index in [1.54, 1.807) is 13.2 Å². The van der Waals surface area contributed by atoms with Crippen LogP contribution >= 0.6 is 0 Å². The second-order valence-corrected chi connectivity index (χ2v) is 7.63. The molecule has 0 spiro atoms. The summed E-state index contributed by atoms with van der Waals surface area (Å²) in [6, 6.07) is 15.5. The maximum Gasteiger partial charge on any atom is 0.274 e. The van der Waals surface area contributed by atoms with E-state index in [4.69, 9.17) is 4.74 Å². The van der Waals surface area contributed by atoms with Crippen molar-refractivity contribution >= 4 is 28.2 Å². The minimum atomic E-state index is -0.208. The number of aryl methyl sites for hydroxylation is 1. The predicted molar refractivity (Wildman–Crippen MR) is 122 cm³/mol. The Balaban J connectivity index is 1.47. The number of amides is 1. The maximum atomic E-state index is 12.8. The average Bonchev–Trinajstić information content (AvgIpc) is 2.79.